The number of benzene rings is 1. The Bertz CT molecular complexity index is 572. The maximum atomic E-state index is 9.03. The number of hydrogen-bond acceptors (Lipinski definition) is 5. The molecule has 0 fully saturated rings. The second-order valence-electron chi connectivity index (χ2n) is 3.32. The summed E-state index contributed by atoms with van der Waals surface area (Å²) in [7, 11) is 1.60. The van der Waals surface area contributed by atoms with Gasteiger partial charge in [0.1, 0.15) is 29.5 Å². The van der Waals surface area contributed by atoms with Gasteiger partial charge in [0.2, 0.25) is 0 Å². The Morgan fingerprint density at radius 1 is 1.24 bits per heavy atom. The fourth-order valence-electron chi connectivity index (χ4n) is 1.48. The van der Waals surface area contributed by atoms with Crippen LogP contribution in [0.4, 0.5) is 5.82 Å². The molecule has 1 heterocycles. The van der Waals surface area contributed by atoms with E-state index in [4.69, 9.17) is 15.7 Å². The SMILES string of the molecule is COc1ccc(-c2ncnc(N)c2C#N)cc1. The van der Waals surface area contributed by atoms with Crippen LogP contribution < -0.4 is 10.5 Å². The van der Waals surface area contributed by atoms with Crippen LogP contribution in [0.1, 0.15) is 5.56 Å². The first-order valence-electron chi connectivity index (χ1n) is 4.91. The van der Waals surface area contributed by atoms with Crippen molar-refractivity contribution < 1.29 is 4.74 Å². The van der Waals surface area contributed by atoms with Crippen LogP contribution in [0.2, 0.25) is 0 Å². The molecule has 0 saturated carbocycles. The van der Waals surface area contributed by atoms with E-state index < -0.39 is 0 Å². The number of aromatic nitrogens is 2. The Balaban J connectivity index is 2.53. The fraction of sp³-hybridized carbons (Fsp3) is 0.0833. The van der Waals surface area contributed by atoms with Crippen LogP contribution in [-0.4, -0.2) is 17.1 Å². The second kappa shape index (κ2) is 4.49. The van der Waals surface area contributed by atoms with E-state index in [-0.39, 0.29) is 11.4 Å². The number of anilines is 1. The van der Waals surface area contributed by atoms with E-state index in [1.807, 2.05) is 18.2 Å². The summed E-state index contributed by atoms with van der Waals surface area (Å²) < 4.78 is 5.06. The predicted molar refractivity (Wildman–Crippen MR) is 63.1 cm³/mol. The Kier molecular flexibility index (Phi) is 2.88. The van der Waals surface area contributed by atoms with Crippen molar-refractivity contribution in [1.82, 2.24) is 9.97 Å². The number of nitriles is 1. The zero-order valence-corrected chi connectivity index (χ0v) is 9.21. The molecule has 2 rings (SSSR count). The average Bonchev–Trinajstić information content (AvgIpc) is 2.38. The summed E-state index contributed by atoms with van der Waals surface area (Å²) in [5.41, 5.74) is 7.25. The number of methoxy groups -OCH3 is 1. The molecular formula is C12H10N4O. The lowest BCUT2D eigenvalue weighted by atomic mass is 10.1. The van der Waals surface area contributed by atoms with Crippen molar-refractivity contribution in [2.75, 3.05) is 12.8 Å². The van der Waals surface area contributed by atoms with Gasteiger partial charge in [0, 0.05) is 5.56 Å². The molecule has 1 aromatic heterocycles. The molecule has 5 nitrogen and oxygen atoms in total. The molecule has 1 aromatic carbocycles. The summed E-state index contributed by atoms with van der Waals surface area (Å²) in [4.78, 5) is 7.87. The summed E-state index contributed by atoms with van der Waals surface area (Å²) in [5, 5.41) is 9.03. The first-order valence-corrected chi connectivity index (χ1v) is 4.91. The molecule has 17 heavy (non-hydrogen) atoms. The van der Waals surface area contributed by atoms with Gasteiger partial charge < -0.3 is 10.5 Å². The quantitative estimate of drug-likeness (QED) is 0.840. The third kappa shape index (κ3) is 2.01. The monoisotopic (exact) mass is 226 g/mol. The molecule has 5 heteroatoms. The molecule has 0 aliphatic carbocycles. The number of hydrogen-bond donors (Lipinski definition) is 1. The Morgan fingerprint density at radius 2 is 1.94 bits per heavy atom. The average molecular weight is 226 g/mol. The molecule has 0 spiro atoms. The lowest BCUT2D eigenvalue weighted by Gasteiger charge is -2.05. The van der Waals surface area contributed by atoms with Gasteiger partial charge >= 0.3 is 0 Å². The van der Waals surface area contributed by atoms with Crippen molar-refractivity contribution in [3.05, 3.63) is 36.2 Å². The molecule has 2 N–H and O–H groups in total. The van der Waals surface area contributed by atoms with Crippen LogP contribution in [0.5, 0.6) is 5.75 Å². The molecule has 0 radical (unpaired) electrons. The van der Waals surface area contributed by atoms with Gasteiger partial charge in [-0.3, -0.25) is 0 Å². The molecule has 0 aliphatic heterocycles. The summed E-state index contributed by atoms with van der Waals surface area (Å²) in [6.07, 6.45) is 1.34. The molecule has 0 bridgehead atoms. The first kappa shape index (κ1) is 10.9. The summed E-state index contributed by atoms with van der Waals surface area (Å²) in [5.74, 6) is 0.933. The molecule has 0 unspecified atom stereocenters. The number of nitrogens with zero attached hydrogens (tertiary/aromatic N) is 3. The normalized spacial score (nSPS) is 9.65. The summed E-state index contributed by atoms with van der Waals surface area (Å²) in [6, 6.07) is 9.25. The smallest absolute Gasteiger partial charge is 0.145 e. The second-order valence-corrected chi connectivity index (χ2v) is 3.32. The van der Waals surface area contributed by atoms with Gasteiger partial charge in [-0.2, -0.15) is 5.26 Å². The third-order valence-electron chi connectivity index (χ3n) is 2.35. The van der Waals surface area contributed by atoms with Crippen LogP contribution in [0.15, 0.2) is 30.6 Å². The number of rotatable bonds is 2. The minimum Gasteiger partial charge on any atom is -0.497 e. The fourth-order valence-corrected chi connectivity index (χ4v) is 1.48. The minimum atomic E-state index is 0.188. The zero-order valence-electron chi connectivity index (χ0n) is 9.21. The van der Waals surface area contributed by atoms with E-state index in [1.165, 1.54) is 6.33 Å². The van der Waals surface area contributed by atoms with E-state index in [2.05, 4.69) is 9.97 Å². The van der Waals surface area contributed by atoms with Crippen molar-refractivity contribution in [3.63, 3.8) is 0 Å². The highest BCUT2D eigenvalue weighted by molar-refractivity contribution is 5.71. The maximum absolute atomic E-state index is 9.03. The number of ether oxygens (including phenoxy) is 1. The van der Waals surface area contributed by atoms with Gasteiger partial charge in [0.25, 0.3) is 0 Å². The first-order chi connectivity index (χ1) is 8.26. The van der Waals surface area contributed by atoms with Gasteiger partial charge in [-0.1, -0.05) is 0 Å². The molecule has 0 atom stereocenters. The highest BCUT2D eigenvalue weighted by Gasteiger charge is 2.10. The van der Waals surface area contributed by atoms with Crippen molar-refractivity contribution in [2.45, 2.75) is 0 Å². The molecular weight excluding hydrogens is 216 g/mol. The number of nitrogen functional groups attached to an aromatic ring is 1. The summed E-state index contributed by atoms with van der Waals surface area (Å²) >= 11 is 0. The molecule has 2 aromatic rings. The van der Waals surface area contributed by atoms with Crippen molar-refractivity contribution >= 4 is 5.82 Å². The van der Waals surface area contributed by atoms with Gasteiger partial charge in [0.05, 0.1) is 12.8 Å². The topological polar surface area (TPSA) is 84.8 Å². The standard InChI is InChI=1S/C12H10N4O/c1-17-9-4-2-8(3-5-9)11-10(6-13)12(14)16-7-15-11/h2-5,7H,1H3,(H2,14,15,16). The molecule has 0 saturated heterocycles. The lowest BCUT2D eigenvalue weighted by Crippen LogP contribution is -1.99. The lowest BCUT2D eigenvalue weighted by molar-refractivity contribution is 0.415. The molecule has 84 valence electrons. The Labute approximate surface area is 98.5 Å². The van der Waals surface area contributed by atoms with Crippen LogP contribution >= 0.6 is 0 Å². The van der Waals surface area contributed by atoms with E-state index in [0.717, 1.165) is 11.3 Å². The highest BCUT2D eigenvalue weighted by Crippen LogP contribution is 2.25. The molecule has 0 aliphatic rings. The van der Waals surface area contributed by atoms with Crippen LogP contribution in [0, 0.1) is 11.3 Å². The van der Waals surface area contributed by atoms with Gasteiger partial charge in [-0.05, 0) is 24.3 Å². The Hall–Kier alpha value is -2.61. The highest BCUT2D eigenvalue weighted by atomic mass is 16.5. The van der Waals surface area contributed by atoms with Gasteiger partial charge in [-0.25, -0.2) is 9.97 Å². The van der Waals surface area contributed by atoms with E-state index in [1.54, 1.807) is 19.2 Å². The molecule has 0 amide bonds. The zero-order chi connectivity index (χ0) is 12.3. The Morgan fingerprint density at radius 3 is 2.53 bits per heavy atom. The third-order valence-corrected chi connectivity index (χ3v) is 2.35. The number of nitrogens with two attached hydrogens (primary N) is 1. The van der Waals surface area contributed by atoms with Crippen molar-refractivity contribution in [3.8, 4) is 23.1 Å². The van der Waals surface area contributed by atoms with E-state index in [0.29, 0.717) is 5.69 Å². The van der Waals surface area contributed by atoms with Crippen LogP contribution in [-0.2, 0) is 0 Å². The maximum Gasteiger partial charge on any atom is 0.145 e. The van der Waals surface area contributed by atoms with Crippen molar-refractivity contribution in [2.24, 2.45) is 0 Å². The minimum absolute atomic E-state index is 0.188. The van der Waals surface area contributed by atoms with Crippen molar-refractivity contribution in [1.29, 1.82) is 5.26 Å². The van der Waals surface area contributed by atoms with Gasteiger partial charge in [-0.15, -0.1) is 0 Å². The van der Waals surface area contributed by atoms with E-state index >= 15 is 0 Å². The van der Waals surface area contributed by atoms with Gasteiger partial charge in [0.15, 0.2) is 0 Å². The van der Waals surface area contributed by atoms with E-state index in [9.17, 15) is 0 Å². The van der Waals surface area contributed by atoms with Crippen LogP contribution in [0.3, 0.4) is 0 Å². The largest absolute Gasteiger partial charge is 0.497 e. The van der Waals surface area contributed by atoms with Crippen LogP contribution in [0.25, 0.3) is 11.3 Å². The predicted octanol–water partition coefficient (Wildman–Crippen LogP) is 1.61. The summed E-state index contributed by atoms with van der Waals surface area (Å²) in [6.45, 7) is 0.